The molecule has 0 amide bonds. The SMILES string of the molecule is CCCCCC1CCC(CCC(=O)COC2CCCCC2)CC1. The Morgan fingerprint density at radius 1 is 0.870 bits per heavy atom. The summed E-state index contributed by atoms with van der Waals surface area (Å²) < 4.78 is 5.81. The average Bonchev–Trinajstić information content (AvgIpc) is 2.60. The Balaban J connectivity index is 1.50. The predicted octanol–water partition coefficient (Wildman–Crippen LogP) is 6.07. The Morgan fingerprint density at radius 2 is 1.52 bits per heavy atom. The molecule has 0 spiro atoms. The molecule has 0 aromatic heterocycles. The van der Waals surface area contributed by atoms with Gasteiger partial charge in [0.1, 0.15) is 6.61 Å². The van der Waals surface area contributed by atoms with Crippen molar-refractivity contribution in [3.63, 3.8) is 0 Å². The lowest BCUT2D eigenvalue weighted by Crippen LogP contribution is -2.21. The molecule has 2 nitrogen and oxygen atoms in total. The van der Waals surface area contributed by atoms with Crippen LogP contribution in [0.3, 0.4) is 0 Å². The molecule has 0 unspecified atom stereocenters. The summed E-state index contributed by atoms with van der Waals surface area (Å²) in [7, 11) is 0. The summed E-state index contributed by atoms with van der Waals surface area (Å²) in [6, 6.07) is 0. The normalized spacial score (nSPS) is 26.3. The highest BCUT2D eigenvalue weighted by Gasteiger charge is 2.22. The van der Waals surface area contributed by atoms with E-state index in [4.69, 9.17) is 4.74 Å². The molecule has 0 aliphatic heterocycles. The predicted molar refractivity (Wildman–Crippen MR) is 96.7 cm³/mol. The van der Waals surface area contributed by atoms with Crippen molar-refractivity contribution in [3.05, 3.63) is 0 Å². The number of Topliss-reactive ketones (excluding diaryl/α,β-unsaturated/α-hetero) is 1. The molecule has 2 fully saturated rings. The van der Waals surface area contributed by atoms with Crippen LogP contribution >= 0.6 is 0 Å². The van der Waals surface area contributed by atoms with Gasteiger partial charge in [-0.1, -0.05) is 77.6 Å². The van der Waals surface area contributed by atoms with Crippen LogP contribution in [0.15, 0.2) is 0 Å². The van der Waals surface area contributed by atoms with Gasteiger partial charge < -0.3 is 4.74 Å². The van der Waals surface area contributed by atoms with E-state index in [0.717, 1.165) is 37.5 Å². The van der Waals surface area contributed by atoms with E-state index in [9.17, 15) is 4.79 Å². The third kappa shape index (κ3) is 7.83. The van der Waals surface area contributed by atoms with E-state index in [-0.39, 0.29) is 0 Å². The van der Waals surface area contributed by atoms with Crippen LogP contribution in [0.2, 0.25) is 0 Å². The summed E-state index contributed by atoms with van der Waals surface area (Å²) in [5.74, 6) is 2.11. The van der Waals surface area contributed by atoms with Crippen LogP contribution in [0.4, 0.5) is 0 Å². The molecule has 2 aliphatic carbocycles. The van der Waals surface area contributed by atoms with Crippen LogP contribution in [-0.2, 0) is 9.53 Å². The monoisotopic (exact) mass is 322 g/mol. The molecule has 0 aromatic carbocycles. The zero-order chi connectivity index (χ0) is 16.3. The highest BCUT2D eigenvalue weighted by atomic mass is 16.5. The Bertz CT molecular complexity index is 312. The lowest BCUT2D eigenvalue weighted by atomic mass is 9.78. The van der Waals surface area contributed by atoms with Crippen molar-refractivity contribution in [2.45, 2.75) is 109 Å². The van der Waals surface area contributed by atoms with Gasteiger partial charge in [-0.2, -0.15) is 0 Å². The molecular formula is C21H38O2. The molecule has 2 aliphatic rings. The van der Waals surface area contributed by atoms with Crippen molar-refractivity contribution in [1.29, 1.82) is 0 Å². The lowest BCUT2D eigenvalue weighted by molar-refractivity contribution is -0.126. The maximum absolute atomic E-state index is 12.0. The molecule has 0 heterocycles. The quantitative estimate of drug-likeness (QED) is 0.456. The van der Waals surface area contributed by atoms with Gasteiger partial charge in [0.15, 0.2) is 5.78 Å². The first-order valence-corrected chi connectivity index (χ1v) is 10.4. The number of rotatable bonds is 10. The van der Waals surface area contributed by atoms with Crippen molar-refractivity contribution < 1.29 is 9.53 Å². The van der Waals surface area contributed by atoms with Crippen LogP contribution in [-0.4, -0.2) is 18.5 Å². The molecule has 2 saturated carbocycles. The fourth-order valence-corrected chi connectivity index (χ4v) is 4.37. The van der Waals surface area contributed by atoms with E-state index in [0.29, 0.717) is 18.5 Å². The van der Waals surface area contributed by atoms with E-state index in [1.165, 1.54) is 70.6 Å². The summed E-state index contributed by atoms with van der Waals surface area (Å²) in [6.45, 7) is 2.66. The average molecular weight is 323 g/mol. The van der Waals surface area contributed by atoms with Gasteiger partial charge in [0.2, 0.25) is 0 Å². The fraction of sp³-hybridized carbons (Fsp3) is 0.952. The minimum atomic E-state index is 0.334. The van der Waals surface area contributed by atoms with Gasteiger partial charge in [-0.3, -0.25) is 4.79 Å². The molecule has 0 aromatic rings. The summed E-state index contributed by atoms with van der Waals surface area (Å²) in [4.78, 5) is 12.0. The van der Waals surface area contributed by atoms with Gasteiger partial charge in [-0.15, -0.1) is 0 Å². The first-order valence-electron chi connectivity index (χ1n) is 10.4. The molecular weight excluding hydrogens is 284 g/mol. The number of ketones is 1. The standard InChI is InChI=1S/C21H38O2/c1-2-3-5-8-18-11-13-19(14-12-18)15-16-20(22)17-23-21-9-6-4-7-10-21/h18-19,21H,2-17H2,1H3. The smallest absolute Gasteiger partial charge is 0.158 e. The van der Waals surface area contributed by atoms with Crippen LogP contribution in [0, 0.1) is 11.8 Å². The van der Waals surface area contributed by atoms with Gasteiger partial charge in [-0.05, 0) is 31.1 Å². The van der Waals surface area contributed by atoms with Crippen LogP contribution in [0.1, 0.15) is 103 Å². The Hall–Kier alpha value is -0.370. The zero-order valence-electron chi connectivity index (χ0n) is 15.4. The van der Waals surface area contributed by atoms with Crippen LogP contribution in [0.25, 0.3) is 0 Å². The molecule has 23 heavy (non-hydrogen) atoms. The summed E-state index contributed by atoms with van der Waals surface area (Å²) in [6.07, 6.45) is 19.6. The first kappa shape index (κ1) is 19.0. The second-order valence-corrected chi connectivity index (χ2v) is 8.03. The molecule has 2 heteroatoms. The third-order valence-corrected chi connectivity index (χ3v) is 6.05. The molecule has 0 radical (unpaired) electrons. The number of ether oxygens (including phenoxy) is 1. The van der Waals surface area contributed by atoms with E-state index in [2.05, 4.69) is 6.92 Å². The van der Waals surface area contributed by atoms with Gasteiger partial charge in [0, 0.05) is 6.42 Å². The molecule has 0 bridgehead atoms. The highest BCUT2D eigenvalue weighted by molar-refractivity contribution is 5.79. The second-order valence-electron chi connectivity index (χ2n) is 8.03. The minimum Gasteiger partial charge on any atom is -0.370 e. The molecule has 0 saturated heterocycles. The fourth-order valence-electron chi connectivity index (χ4n) is 4.37. The summed E-state index contributed by atoms with van der Waals surface area (Å²) in [5.41, 5.74) is 0. The van der Waals surface area contributed by atoms with Crippen molar-refractivity contribution in [2.75, 3.05) is 6.61 Å². The Labute approximate surface area is 143 Å². The van der Waals surface area contributed by atoms with Crippen LogP contribution in [0.5, 0.6) is 0 Å². The Kier molecular flexibility index (Phi) is 9.26. The molecule has 2 rings (SSSR count). The number of hydrogen-bond donors (Lipinski definition) is 0. The Morgan fingerprint density at radius 3 is 2.17 bits per heavy atom. The molecule has 134 valence electrons. The number of carbonyl (C=O) groups is 1. The van der Waals surface area contributed by atoms with Crippen molar-refractivity contribution >= 4 is 5.78 Å². The summed E-state index contributed by atoms with van der Waals surface area (Å²) >= 11 is 0. The maximum atomic E-state index is 12.0. The van der Waals surface area contributed by atoms with Gasteiger partial charge in [0.05, 0.1) is 6.10 Å². The first-order chi connectivity index (χ1) is 11.3. The highest BCUT2D eigenvalue weighted by Crippen LogP contribution is 2.34. The van der Waals surface area contributed by atoms with E-state index < -0.39 is 0 Å². The minimum absolute atomic E-state index is 0.334. The van der Waals surface area contributed by atoms with Crippen LogP contribution < -0.4 is 0 Å². The third-order valence-electron chi connectivity index (χ3n) is 6.05. The molecule has 0 N–H and O–H groups in total. The van der Waals surface area contributed by atoms with Gasteiger partial charge in [-0.25, -0.2) is 0 Å². The maximum Gasteiger partial charge on any atom is 0.158 e. The number of unbranched alkanes of at least 4 members (excludes halogenated alkanes) is 2. The second kappa shape index (κ2) is 11.2. The van der Waals surface area contributed by atoms with E-state index in [1.54, 1.807) is 0 Å². The van der Waals surface area contributed by atoms with Gasteiger partial charge >= 0.3 is 0 Å². The topological polar surface area (TPSA) is 26.3 Å². The molecule has 0 atom stereocenters. The van der Waals surface area contributed by atoms with E-state index in [1.807, 2.05) is 0 Å². The lowest BCUT2D eigenvalue weighted by Gasteiger charge is -2.28. The zero-order valence-corrected chi connectivity index (χ0v) is 15.4. The summed E-state index contributed by atoms with van der Waals surface area (Å²) in [5, 5.41) is 0. The van der Waals surface area contributed by atoms with Crippen molar-refractivity contribution in [1.82, 2.24) is 0 Å². The van der Waals surface area contributed by atoms with Crippen molar-refractivity contribution in [2.24, 2.45) is 11.8 Å². The largest absolute Gasteiger partial charge is 0.370 e. The van der Waals surface area contributed by atoms with Gasteiger partial charge in [0.25, 0.3) is 0 Å². The van der Waals surface area contributed by atoms with Crippen molar-refractivity contribution in [3.8, 4) is 0 Å². The number of carbonyl (C=O) groups excluding carboxylic acids is 1. The number of hydrogen-bond acceptors (Lipinski definition) is 2. The van der Waals surface area contributed by atoms with E-state index >= 15 is 0 Å².